The van der Waals surface area contributed by atoms with E-state index in [1.165, 1.54) is 16.9 Å². The number of hydrogen-bond donors (Lipinski definition) is 0. The van der Waals surface area contributed by atoms with Crippen molar-refractivity contribution in [2.24, 2.45) is 4.99 Å². The van der Waals surface area contributed by atoms with Crippen LogP contribution in [0.15, 0.2) is 121 Å². The number of para-hydroxylation sites is 1. The van der Waals surface area contributed by atoms with Gasteiger partial charge in [-0.2, -0.15) is 0 Å². The Hall–Kier alpha value is -4.07. The lowest BCUT2D eigenvalue weighted by molar-refractivity contribution is 0.402. The topological polar surface area (TPSA) is 56.7 Å². The van der Waals surface area contributed by atoms with Crippen LogP contribution in [-0.4, -0.2) is 11.7 Å². The van der Waals surface area contributed by atoms with Crippen molar-refractivity contribution in [1.29, 1.82) is 0 Å². The van der Waals surface area contributed by atoms with Crippen molar-refractivity contribution in [3.8, 4) is 5.75 Å². The van der Waals surface area contributed by atoms with E-state index in [1.54, 1.807) is 18.9 Å². The Balaban J connectivity index is 1.38. The maximum absolute atomic E-state index is 14.0. The molecule has 2 aliphatic rings. The molecule has 7 rings (SSSR count). The van der Waals surface area contributed by atoms with Gasteiger partial charge in [0.1, 0.15) is 11.5 Å². The summed E-state index contributed by atoms with van der Waals surface area (Å²) in [5.74, 6) is 1.40. The third-order valence-corrected chi connectivity index (χ3v) is 9.06. The monoisotopic (exact) mass is 548 g/mol. The van der Waals surface area contributed by atoms with Crippen molar-refractivity contribution in [3.05, 3.63) is 139 Å². The van der Waals surface area contributed by atoms with Gasteiger partial charge < -0.3 is 9.15 Å². The van der Waals surface area contributed by atoms with Gasteiger partial charge in [-0.25, -0.2) is 4.99 Å². The van der Waals surface area contributed by atoms with Crippen LogP contribution in [0.2, 0.25) is 0 Å². The molecule has 0 saturated carbocycles. The van der Waals surface area contributed by atoms with Gasteiger partial charge in [-0.05, 0) is 54.3 Å². The molecule has 1 aliphatic heterocycles. The highest BCUT2D eigenvalue weighted by atomic mass is 32.2. The van der Waals surface area contributed by atoms with Crippen LogP contribution in [-0.2, 0) is 6.42 Å². The molecule has 0 fully saturated rings. The smallest absolute Gasteiger partial charge is 0.271 e. The lowest BCUT2D eigenvalue weighted by Gasteiger charge is -2.31. The lowest BCUT2D eigenvalue weighted by Crippen LogP contribution is -2.38. The highest BCUT2D eigenvalue weighted by Gasteiger charge is 2.34. The largest absolute Gasteiger partial charge is 0.496 e. The number of hydrogen-bond acceptors (Lipinski definition) is 6. The van der Waals surface area contributed by atoms with E-state index in [-0.39, 0.29) is 11.6 Å². The number of fused-ring (bicyclic) bond motifs is 3. The second-order valence-corrected chi connectivity index (χ2v) is 11.5. The molecule has 0 N–H and O–H groups in total. The van der Waals surface area contributed by atoms with Crippen LogP contribution in [0.3, 0.4) is 0 Å². The van der Waals surface area contributed by atoms with Gasteiger partial charge in [0.25, 0.3) is 5.56 Å². The molecular weight excluding hydrogens is 524 g/mol. The molecular formula is C32H24N2O3S2. The molecule has 0 saturated heterocycles. The molecule has 5 aromatic rings. The zero-order valence-electron chi connectivity index (χ0n) is 21.2. The van der Waals surface area contributed by atoms with E-state index in [4.69, 9.17) is 14.1 Å². The summed E-state index contributed by atoms with van der Waals surface area (Å²) >= 11 is 2.95. The SMILES string of the molecule is COc1ccccc1[C@H]1C2=C(N=c3s/c(=C\c4ccc(Sc5ccccc5)o4)c(=O)n31)c1ccccc1CC2. The van der Waals surface area contributed by atoms with Crippen molar-refractivity contribution in [1.82, 2.24) is 4.57 Å². The fourth-order valence-electron chi connectivity index (χ4n) is 5.39. The van der Waals surface area contributed by atoms with Crippen molar-refractivity contribution in [3.63, 3.8) is 0 Å². The second-order valence-electron chi connectivity index (χ2n) is 9.43. The molecule has 1 atom stereocenters. The van der Waals surface area contributed by atoms with Crippen LogP contribution in [0.5, 0.6) is 5.75 Å². The summed E-state index contributed by atoms with van der Waals surface area (Å²) in [7, 11) is 1.68. The Morgan fingerprint density at radius 2 is 1.77 bits per heavy atom. The van der Waals surface area contributed by atoms with Crippen LogP contribution in [0.1, 0.15) is 34.9 Å². The first kappa shape index (κ1) is 24.0. The van der Waals surface area contributed by atoms with E-state index in [0.717, 1.165) is 51.0 Å². The molecule has 5 nitrogen and oxygen atoms in total. The quantitative estimate of drug-likeness (QED) is 0.268. The van der Waals surface area contributed by atoms with Crippen LogP contribution in [0, 0.1) is 0 Å². The first-order chi connectivity index (χ1) is 19.2. The standard InChI is InChI=1S/C32H24N2O3S2/c1-36-26-14-8-7-13-24(26)30-25-17-15-20-9-5-6-12-23(20)29(25)33-32-34(30)31(35)27(39-32)19-21-16-18-28(37-21)38-22-10-3-2-4-11-22/h2-14,16,18-19,30H,15,17H2,1H3/b27-19-/t30-/m0/s1. The summed E-state index contributed by atoms with van der Waals surface area (Å²) in [5, 5.41) is 0.777. The Morgan fingerprint density at radius 1 is 0.974 bits per heavy atom. The number of thiazole rings is 1. The molecule has 0 spiro atoms. The minimum atomic E-state index is -0.288. The molecule has 0 amide bonds. The molecule has 3 heterocycles. The molecule has 0 unspecified atom stereocenters. The van der Waals surface area contributed by atoms with Crippen LogP contribution >= 0.6 is 23.1 Å². The number of aromatic nitrogens is 1. The highest BCUT2D eigenvalue weighted by Crippen LogP contribution is 2.43. The van der Waals surface area contributed by atoms with Crippen molar-refractivity contribution >= 4 is 34.9 Å². The number of benzene rings is 3. The van der Waals surface area contributed by atoms with E-state index in [2.05, 4.69) is 30.3 Å². The van der Waals surface area contributed by atoms with Gasteiger partial charge in [0.2, 0.25) is 0 Å². The number of furan rings is 1. The van der Waals surface area contributed by atoms with Gasteiger partial charge in [-0.15, -0.1) is 0 Å². The van der Waals surface area contributed by atoms with E-state index < -0.39 is 0 Å². The maximum atomic E-state index is 14.0. The summed E-state index contributed by atoms with van der Waals surface area (Å²) in [6.45, 7) is 0. The number of allylic oxidation sites excluding steroid dienone is 1. The number of rotatable bonds is 5. The zero-order chi connectivity index (χ0) is 26.3. The summed E-state index contributed by atoms with van der Waals surface area (Å²) < 4.78 is 14.3. The second kappa shape index (κ2) is 9.91. The zero-order valence-corrected chi connectivity index (χ0v) is 22.8. The van der Waals surface area contributed by atoms with Gasteiger partial charge in [-0.1, -0.05) is 83.8 Å². The average Bonchev–Trinajstić information content (AvgIpc) is 3.55. The molecule has 7 heteroatoms. The van der Waals surface area contributed by atoms with Crippen molar-refractivity contribution in [2.45, 2.75) is 28.9 Å². The van der Waals surface area contributed by atoms with E-state index in [0.29, 0.717) is 15.1 Å². The van der Waals surface area contributed by atoms with E-state index in [1.807, 2.05) is 71.3 Å². The Bertz CT molecular complexity index is 1910. The predicted molar refractivity (Wildman–Crippen MR) is 155 cm³/mol. The van der Waals surface area contributed by atoms with Gasteiger partial charge in [0, 0.05) is 22.1 Å². The first-order valence-electron chi connectivity index (χ1n) is 12.8. The number of ether oxygens (including phenoxy) is 1. The van der Waals surface area contributed by atoms with Gasteiger partial charge >= 0.3 is 0 Å². The molecule has 192 valence electrons. The summed E-state index contributed by atoms with van der Waals surface area (Å²) in [6, 6.07) is 30.0. The fraction of sp³-hybridized carbons (Fsp3) is 0.125. The molecule has 0 bridgehead atoms. The lowest BCUT2D eigenvalue weighted by atomic mass is 9.83. The third kappa shape index (κ3) is 4.28. The maximum Gasteiger partial charge on any atom is 0.271 e. The Kier molecular flexibility index (Phi) is 6.10. The third-order valence-electron chi connectivity index (χ3n) is 7.14. The number of nitrogens with zero attached hydrogens (tertiary/aromatic N) is 2. The highest BCUT2D eigenvalue weighted by molar-refractivity contribution is 7.99. The summed E-state index contributed by atoms with van der Waals surface area (Å²) in [6.07, 6.45) is 3.57. The molecule has 3 aromatic carbocycles. The Morgan fingerprint density at radius 3 is 2.64 bits per heavy atom. The normalized spacial score (nSPS) is 16.3. The average molecular weight is 549 g/mol. The molecule has 0 radical (unpaired) electrons. The van der Waals surface area contributed by atoms with Gasteiger partial charge in [0.15, 0.2) is 9.89 Å². The summed E-state index contributed by atoms with van der Waals surface area (Å²) in [4.78, 5) is 20.9. The minimum absolute atomic E-state index is 0.0753. The number of methoxy groups -OCH3 is 1. The van der Waals surface area contributed by atoms with Crippen LogP contribution < -0.4 is 19.6 Å². The van der Waals surface area contributed by atoms with Gasteiger partial charge in [0.05, 0.1) is 23.4 Å². The molecule has 39 heavy (non-hydrogen) atoms. The van der Waals surface area contributed by atoms with Crippen molar-refractivity contribution in [2.75, 3.05) is 7.11 Å². The number of aryl methyl sites for hydroxylation is 1. The van der Waals surface area contributed by atoms with Crippen molar-refractivity contribution < 1.29 is 9.15 Å². The predicted octanol–water partition coefficient (Wildman–Crippen LogP) is 6.07. The van der Waals surface area contributed by atoms with Gasteiger partial charge in [-0.3, -0.25) is 9.36 Å². The molecule has 1 aliphatic carbocycles. The first-order valence-corrected chi connectivity index (χ1v) is 14.4. The van der Waals surface area contributed by atoms with Crippen LogP contribution in [0.25, 0.3) is 11.8 Å². The van der Waals surface area contributed by atoms with E-state index in [9.17, 15) is 4.79 Å². The minimum Gasteiger partial charge on any atom is -0.496 e. The summed E-state index contributed by atoms with van der Waals surface area (Å²) in [5.41, 5.74) is 5.45. The molecule has 2 aromatic heterocycles. The van der Waals surface area contributed by atoms with E-state index >= 15 is 0 Å². The Labute approximate surface area is 233 Å². The van der Waals surface area contributed by atoms with Crippen LogP contribution in [0.4, 0.5) is 0 Å². The fourth-order valence-corrected chi connectivity index (χ4v) is 7.17.